The van der Waals surface area contributed by atoms with Gasteiger partial charge in [0, 0.05) is 6.04 Å². The molecule has 0 spiro atoms. The lowest BCUT2D eigenvalue weighted by atomic mass is 10.2. The molecule has 1 aromatic rings. The minimum Gasteiger partial charge on any atom is -0.358 e. The zero-order valence-electron chi connectivity index (χ0n) is 12.0. The van der Waals surface area contributed by atoms with Crippen molar-refractivity contribution in [3.63, 3.8) is 0 Å². The molecule has 0 saturated carbocycles. The first-order chi connectivity index (χ1) is 9.36. The molecule has 0 bridgehead atoms. The molecular weight excluding hydrogens is 289 g/mol. The monoisotopic (exact) mass is 310 g/mol. The summed E-state index contributed by atoms with van der Waals surface area (Å²) < 4.78 is 37.1. The van der Waals surface area contributed by atoms with Gasteiger partial charge in [-0.15, -0.1) is 10.2 Å². The molecule has 0 saturated heterocycles. The molecule has 0 amide bonds. The van der Waals surface area contributed by atoms with E-state index in [1.807, 2.05) is 6.92 Å². The number of nitrogens with one attached hydrogen (secondary N) is 1. The summed E-state index contributed by atoms with van der Waals surface area (Å²) in [7, 11) is 0. The SMILES string of the molecule is CCN(CC)CCCC(C)Nc1nnc(C(F)(F)F)s1. The van der Waals surface area contributed by atoms with Gasteiger partial charge in [0.15, 0.2) is 0 Å². The summed E-state index contributed by atoms with van der Waals surface area (Å²) in [5.41, 5.74) is 0. The number of halogens is 3. The van der Waals surface area contributed by atoms with Gasteiger partial charge in [0.05, 0.1) is 0 Å². The third kappa shape index (κ3) is 5.62. The Morgan fingerprint density at radius 3 is 2.40 bits per heavy atom. The highest BCUT2D eigenvalue weighted by atomic mass is 32.1. The number of nitrogens with zero attached hydrogens (tertiary/aromatic N) is 3. The third-order valence-corrected chi connectivity index (χ3v) is 3.94. The number of rotatable bonds is 8. The minimum absolute atomic E-state index is 0.0830. The second kappa shape index (κ2) is 7.78. The molecule has 8 heteroatoms. The van der Waals surface area contributed by atoms with E-state index in [0.29, 0.717) is 11.3 Å². The zero-order chi connectivity index (χ0) is 15.2. The lowest BCUT2D eigenvalue weighted by Crippen LogP contribution is -2.25. The first-order valence-electron chi connectivity index (χ1n) is 6.76. The van der Waals surface area contributed by atoms with Crippen LogP contribution in [0.5, 0.6) is 0 Å². The van der Waals surface area contributed by atoms with Gasteiger partial charge in [-0.1, -0.05) is 25.2 Å². The molecule has 1 rings (SSSR count). The van der Waals surface area contributed by atoms with Gasteiger partial charge < -0.3 is 10.2 Å². The number of alkyl halides is 3. The van der Waals surface area contributed by atoms with E-state index in [1.54, 1.807) is 0 Å². The summed E-state index contributed by atoms with van der Waals surface area (Å²) >= 11 is 0.548. The van der Waals surface area contributed by atoms with Crippen LogP contribution in [0, 0.1) is 0 Å². The largest absolute Gasteiger partial charge is 0.445 e. The van der Waals surface area contributed by atoms with E-state index in [0.717, 1.165) is 32.5 Å². The molecule has 0 aliphatic heterocycles. The Labute approximate surface area is 121 Å². The van der Waals surface area contributed by atoms with Crippen molar-refractivity contribution in [1.82, 2.24) is 15.1 Å². The molecule has 0 aliphatic rings. The Kier molecular flexibility index (Phi) is 6.67. The van der Waals surface area contributed by atoms with Crippen molar-refractivity contribution in [2.24, 2.45) is 0 Å². The van der Waals surface area contributed by atoms with E-state index in [4.69, 9.17) is 0 Å². The highest BCUT2D eigenvalue weighted by molar-refractivity contribution is 7.15. The molecule has 0 aliphatic carbocycles. The highest BCUT2D eigenvalue weighted by Gasteiger charge is 2.35. The fraction of sp³-hybridized carbons (Fsp3) is 0.833. The van der Waals surface area contributed by atoms with E-state index >= 15 is 0 Å². The summed E-state index contributed by atoms with van der Waals surface area (Å²) in [6, 6.07) is 0.0830. The molecule has 1 atom stereocenters. The lowest BCUT2D eigenvalue weighted by molar-refractivity contribution is -0.138. The van der Waals surface area contributed by atoms with Crippen LogP contribution >= 0.6 is 11.3 Å². The number of anilines is 1. The van der Waals surface area contributed by atoms with Crippen LogP contribution < -0.4 is 5.32 Å². The standard InChI is InChI=1S/C12H21F3N4S/c1-4-19(5-2)8-6-7-9(3)16-11-18-17-10(20-11)12(13,14)15/h9H,4-8H2,1-3H3,(H,16,18). The van der Waals surface area contributed by atoms with E-state index < -0.39 is 11.2 Å². The van der Waals surface area contributed by atoms with Gasteiger partial charge in [-0.3, -0.25) is 0 Å². The molecule has 4 nitrogen and oxygen atoms in total. The summed E-state index contributed by atoms with van der Waals surface area (Å²) in [4.78, 5) is 2.32. The molecule has 1 unspecified atom stereocenters. The van der Waals surface area contributed by atoms with E-state index in [2.05, 4.69) is 34.3 Å². The number of hydrogen-bond donors (Lipinski definition) is 1. The quantitative estimate of drug-likeness (QED) is 0.798. The van der Waals surface area contributed by atoms with Crippen LogP contribution in [0.4, 0.5) is 18.3 Å². The van der Waals surface area contributed by atoms with Gasteiger partial charge >= 0.3 is 6.18 Å². The highest BCUT2D eigenvalue weighted by Crippen LogP contribution is 2.33. The van der Waals surface area contributed by atoms with Crippen LogP contribution in [0.25, 0.3) is 0 Å². The maximum absolute atomic E-state index is 12.4. The topological polar surface area (TPSA) is 41.0 Å². The van der Waals surface area contributed by atoms with Crippen molar-refractivity contribution in [3.05, 3.63) is 5.01 Å². The Morgan fingerprint density at radius 2 is 1.90 bits per heavy atom. The fourth-order valence-corrected chi connectivity index (χ4v) is 2.56. The molecule has 116 valence electrons. The second-order valence-electron chi connectivity index (χ2n) is 4.62. The van der Waals surface area contributed by atoms with Crippen LogP contribution in [-0.2, 0) is 6.18 Å². The van der Waals surface area contributed by atoms with Gasteiger partial charge in [0.2, 0.25) is 10.1 Å². The Bertz CT molecular complexity index is 390. The Hall–Kier alpha value is -0.890. The summed E-state index contributed by atoms with van der Waals surface area (Å²) in [6.45, 7) is 9.21. The molecule has 0 fully saturated rings. The molecule has 0 radical (unpaired) electrons. The first-order valence-corrected chi connectivity index (χ1v) is 7.58. The number of hydrogen-bond acceptors (Lipinski definition) is 5. The lowest BCUT2D eigenvalue weighted by Gasteiger charge is -2.19. The smallest absolute Gasteiger partial charge is 0.358 e. The van der Waals surface area contributed by atoms with Crippen molar-refractivity contribution in [2.75, 3.05) is 25.0 Å². The zero-order valence-corrected chi connectivity index (χ0v) is 12.8. The molecule has 1 heterocycles. The van der Waals surface area contributed by atoms with Gasteiger partial charge in [-0.25, -0.2) is 0 Å². The predicted octanol–water partition coefficient (Wildman–Crippen LogP) is 3.48. The van der Waals surface area contributed by atoms with Crippen LogP contribution in [-0.4, -0.2) is 40.8 Å². The van der Waals surface area contributed by atoms with E-state index in [-0.39, 0.29) is 11.2 Å². The average molecular weight is 310 g/mol. The van der Waals surface area contributed by atoms with Crippen molar-refractivity contribution >= 4 is 16.5 Å². The maximum atomic E-state index is 12.4. The molecule has 1 aromatic heterocycles. The van der Waals surface area contributed by atoms with Gasteiger partial charge in [0.1, 0.15) is 0 Å². The summed E-state index contributed by atoms with van der Waals surface area (Å²) in [6.07, 6.45) is -2.53. The van der Waals surface area contributed by atoms with Gasteiger partial charge in [-0.05, 0) is 39.4 Å². The van der Waals surface area contributed by atoms with E-state index in [1.165, 1.54) is 0 Å². The van der Waals surface area contributed by atoms with Crippen LogP contribution in [0.2, 0.25) is 0 Å². The normalized spacial score (nSPS) is 13.8. The van der Waals surface area contributed by atoms with Crippen LogP contribution in [0.3, 0.4) is 0 Å². The van der Waals surface area contributed by atoms with Crippen molar-refractivity contribution < 1.29 is 13.2 Å². The minimum atomic E-state index is -4.41. The average Bonchev–Trinajstić information content (AvgIpc) is 2.83. The summed E-state index contributed by atoms with van der Waals surface area (Å²) in [5.74, 6) is 0. The van der Waals surface area contributed by atoms with Crippen LogP contribution in [0.1, 0.15) is 38.6 Å². The van der Waals surface area contributed by atoms with Crippen molar-refractivity contribution in [1.29, 1.82) is 0 Å². The molecule has 1 N–H and O–H groups in total. The summed E-state index contributed by atoms with van der Waals surface area (Å²) in [5, 5.41) is 8.97. The Balaban J connectivity index is 2.35. The van der Waals surface area contributed by atoms with Crippen molar-refractivity contribution in [3.8, 4) is 0 Å². The maximum Gasteiger partial charge on any atom is 0.445 e. The van der Waals surface area contributed by atoms with Crippen molar-refractivity contribution in [2.45, 2.75) is 45.8 Å². The van der Waals surface area contributed by atoms with Crippen LogP contribution in [0.15, 0.2) is 0 Å². The first kappa shape index (κ1) is 17.2. The number of aromatic nitrogens is 2. The second-order valence-corrected chi connectivity index (χ2v) is 5.60. The fourth-order valence-electron chi connectivity index (χ4n) is 1.84. The van der Waals surface area contributed by atoms with E-state index in [9.17, 15) is 13.2 Å². The predicted molar refractivity (Wildman–Crippen MR) is 75.0 cm³/mol. The van der Waals surface area contributed by atoms with Gasteiger partial charge in [-0.2, -0.15) is 13.2 Å². The molecule has 0 aromatic carbocycles. The molecule has 20 heavy (non-hydrogen) atoms. The molecular formula is C12H21F3N4S. The van der Waals surface area contributed by atoms with Gasteiger partial charge in [0.25, 0.3) is 0 Å². The Morgan fingerprint density at radius 1 is 1.25 bits per heavy atom. The third-order valence-electron chi connectivity index (χ3n) is 3.04.